The van der Waals surface area contributed by atoms with Crippen molar-refractivity contribution in [3.8, 4) is 0 Å². The molecule has 14 heteroatoms. The molecule has 0 spiro atoms. The van der Waals surface area contributed by atoms with E-state index in [9.17, 15) is 40.3 Å². The van der Waals surface area contributed by atoms with Gasteiger partial charge in [-0.1, -0.05) is 24.3 Å². The maximum Gasteiger partial charge on any atom is 0.441 e. The van der Waals surface area contributed by atoms with E-state index in [1.807, 2.05) is 0 Å². The maximum absolute atomic E-state index is 14.4. The SMILES string of the molecule is CCOC(=O)[C@](NC(=O)c1ccccc1F)(Nc1nc2ccccc2nc1C(F)(F)F)C(F)(F)F. The number of ether oxygens (including phenoxy) is 1. The summed E-state index contributed by atoms with van der Waals surface area (Å²) in [6.07, 6.45) is -11.1. The maximum atomic E-state index is 14.4. The lowest BCUT2D eigenvalue weighted by Gasteiger charge is -2.35. The minimum Gasteiger partial charge on any atom is -0.463 e. The van der Waals surface area contributed by atoms with Crippen molar-refractivity contribution in [2.45, 2.75) is 24.9 Å². The first-order chi connectivity index (χ1) is 16.3. The number of benzene rings is 2. The average molecular weight is 504 g/mol. The van der Waals surface area contributed by atoms with Crippen LogP contribution in [0.15, 0.2) is 48.5 Å². The summed E-state index contributed by atoms with van der Waals surface area (Å²) in [5, 5.41) is 2.62. The van der Waals surface area contributed by atoms with Gasteiger partial charge in [0, 0.05) is 0 Å². The number of rotatable bonds is 6. The molecule has 0 bridgehead atoms. The van der Waals surface area contributed by atoms with E-state index in [1.54, 1.807) is 0 Å². The molecule has 0 saturated carbocycles. The minimum atomic E-state index is -5.80. The third-order valence-corrected chi connectivity index (χ3v) is 4.57. The molecule has 0 aliphatic carbocycles. The molecule has 3 aromatic rings. The highest BCUT2D eigenvalue weighted by Gasteiger charge is 2.64. The lowest BCUT2D eigenvalue weighted by molar-refractivity contribution is -0.205. The zero-order chi connectivity index (χ0) is 26.0. The normalized spacial score (nSPS) is 13.7. The molecule has 0 aliphatic rings. The Morgan fingerprint density at radius 3 is 2.03 bits per heavy atom. The number of hydrogen-bond acceptors (Lipinski definition) is 6. The molecule has 35 heavy (non-hydrogen) atoms. The fourth-order valence-electron chi connectivity index (χ4n) is 2.98. The predicted octanol–water partition coefficient (Wildman–Crippen LogP) is 4.45. The lowest BCUT2D eigenvalue weighted by Crippen LogP contribution is -2.69. The molecule has 186 valence electrons. The van der Waals surface area contributed by atoms with Crippen molar-refractivity contribution in [3.05, 3.63) is 65.6 Å². The Labute approximate surface area is 192 Å². The van der Waals surface area contributed by atoms with E-state index in [0.717, 1.165) is 37.3 Å². The van der Waals surface area contributed by atoms with Gasteiger partial charge in [0.15, 0.2) is 11.5 Å². The van der Waals surface area contributed by atoms with Gasteiger partial charge in [-0.15, -0.1) is 0 Å². The van der Waals surface area contributed by atoms with Crippen molar-refractivity contribution in [3.63, 3.8) is 0 Å². The smallest absolute Gasteiger partial charge is 0.441 e. The standard InChI is InChI=1S/C21H15F7N4O3/c1-2-35-18(34)19(21(26,27)28,32-17(33)11-7-3-4-8-12(11)22)31-16-15(20(23,24)25)29-13-9-5-6-10-14(13)30-16/h3-10H,2H2,1H3,(H,30,31)(H,32,33)/t19-/m1/s1. The summed E-state index contributed by atoms with van der Waals surface area (Å²) in [5.41, 5.74) is -7.64. The highest BCUT2D eigenvalue weighted by Crippen LogP contribution is 2.38. The number of amides is 1. The first-order valence-electron chi connectivity index (χ1n) is 9.73. The Hall–Kier alpha value is -3.97. The second-order valence-electron chi connectivity index (χ2n) is 6.93. The van der Waals surface area contributed by atoms with Gasteiger partial charge in [0.1, 0.15) is 5.82 Å². The second-order valence-corrected chi connectivity index (χ2v) is 6.93. The Balaban J connectivity index is 2.23. The van der Waals surface area contributed by atoms with Gasteiger partial charge in [-0.2, -0.15) is 26.3 Å². The molecule has 2 aromatic carbocycles. The van der Waals surface area contributed by atoms with Gasteiger partial charge in [-0.3, -0.25) is 4.79 Å². The zero-order valence-corrected chi connectivity index (χ0v) is 17.6. The molecule has 2 N–H and O–H groups in total. The van der Waals surface area contributed by atoms with Crippen molar-refractivity contribution < 1.29 is 45.1 Å². The number of aromatic nitrogens is 2. The summed E-state index contributed by atoms with van der Waals surface area (Å²) in [6, 6.07) is 8.84. The Bertz CT molecular complexity index is 1260. The van der Waals surface area contributed by atoms with E-state index >= 15 is 0 Å². The van der Waals surface area contributed by atoms with Gasteiger partial charge in [0.2, 0.25) is 0 Å². The van der Waals surface area contributed by atoms with E-state index in [1.165, 1.54) is 28.8 Å². The first kappa shape index (κ1) is 25.6. The van der Waals surface area contributed by atoms with Crippen LogP contribution in [0.2, 0.25) is 0 Å². The quantitative estimate of drug-likeness (QED) is 0.293. The van der Waals surface area contributed by atoms with E-state index < -0.39 is 59.4 Å². The van der Waals surface area contributed by atoms with Crippen molar-refractivity contribution in [1.29, 1.82) is 0 Å². The van der Waals surface area contributed by atoms with Crippen LogP contribution in [0.1, 0.15) is 23.0 Å². The fraction of sp³-hybridized carbons (Fsp3) is 0.238. The molecule has 0 fully saturated rings. The molecule has 1 aromatic heterocycles. The summed E-state index contributed by atoms with van der Waals surface area (Å²) in [7, 11) is 0. The fourth-order valence-corrected chi connectivity index (χ4v) is 2.98. The van der Waals surface area contributed by atoms with Crippen LogP contribution in [-0.4, -0.2) is 40.3 Å². The molecule has 0 saturated heterocycles. The van der Waals surface area contributed by atoms with Crippen molar-refractivity contribution in [2.24, 2.45) is 0 Å². The summed E-state index contributed by atoms with van der Waals surface area (Å²) in [5.74, 6) is -6.73. The predicted molar refractivity (Wildman–Crippen MR) is 107 cm³/mol. The van der Waals surface area contributed by atoms with Gasteiger partial charge in [0.05, 0.1) is 23.2 Å². The average Bonchev–Trinajstić information content (AvgIpc) is 2.77. The van der Waals surface area contributed by atoms with Crippen molar-refractivity contribution in [1.82, 2.24) is 15.3 Å². The number of nitrogens with one attached hydrogen (secondary N) is 2. The van der Waals surface area contributed by atoms with Gasteiger partial charge in [-0.25, -0.2) is 19.2 Å². The summed E-state index contributed by atoms with van der Waals surface area (Å²) >= 11 is 0. The number of carbonyl (C=O) groups is 2. The number of carbonyl (C=O) groups excluding carboxylic acids is 2. The van der Waals surface area contributed by atoms with E-state index in [-0.39, 0.29) is 11.0 Å². The topological polar surface area (TPSA) is 93.2 Å². The van der Waals surface area contributed by atoms with Crippen LogP contribution in [0.25, 0.3) is 11.0 Å². The molecule has 1 heterocycles. The van der Waals surface area contributed by atoms with Gasteiger partial charge in [0.25, 0.3) is 5.91 Å². The molecule has 0 aliphatic heterocycles. The number of para-hydroxylation sites is 2. The zero-order valence-electron chi connectivity index (χ0n) is 17.6. The number of hydrogen-bond donors (Lipinski definition) is 2. The minimum absolute atomic E-state index is 0.247. The van der Waals surface area contributed by atoms with E-state index in [2.05, 4.69) is 14.7 Å². The van der Waals surface area contributed by atoms with Gasteiger partial charge < -0.3 is 15.4 Å². The summed E-state index contributed by atoms with van der Waals surface area (Å²) in [6.45, 7) is 0.498. The molecule has 3 rings (SSSR count). The molecule has 0 radical (unpaired) electrons. The number of fused-ring (bicyclic) bond motifs is 1. The highest BCUT2D eigenvalue weighted by atomic mass is 19.4. The van der Waals surface area contributed by atoms with Crippen LogP contribution in [0, 0.1) is 5.82 Å². The number of esters is 1. The monoisotopic (exact) mass is 504 g/mol. The molecular weight excluding hydrogens is 489 g/mol. The van der Waals surface area contributed by atoms with Crippen LogP contribution in [0.4, 0.5) is 36.6 Å². The molecule has 1 atom stereocenters. The van der Waals surface area contributed by atoms with E-state index in [0.29, 0.717) is 0 Å². The largest absolute Gasteiger partial charge is 0.463 e. The highest BCUT2D eigenvalue weighted by molar-refractivity contribution is 5.99. The van der Waals surface area contributed by atoms with Crippen molar-refractivity contribution in [2.75, 3.05) is 11.9 Å². The van der Waals surface area contributed by atoms with Crippen LogP contribution in [0.3, 0.4) is 0 Å². The van der Waals surface area contributed by atoms with Crippen LogP contribution < -0.4 is 10.6 Å². The first-order valence-corrected chi connectivity index (χ1v) is 9.73. The summed E-state index contributed by atoms with van der Waals surface area (Å²) < 4.78 is 103. The van der Waals surface area contributed by atoms with Gasteiger partial charge in [-0.05, 0) is 31.2 Å². The number of anilines is 1. The van der Waals surface area contributed by atoms with Crippen LogP contribution in [-0.2, 0) is 15.7 Å². The van der Waals surface area contributed by atoms with Crippen molar-refractivity contribution >= 4 is 28.7 Å². The molecule has 1 amide bonds. The van der Waals surface area contributed by atoms with Crippen LogP contribution >= 0.6 is 0 Å². The Kier molecular flexibility index (Phi) is 6.85. The third kappa shape index (κ3) is 5.10. The number of nitrogens with zero attached hydrogens (tertiary/aromatic N) is 2. The Morgan fingerprint density at radius 1 is 0.914 bits per heavy atom. The number of alkyl halides is 6. The second kappa shape index (κ2) is 9.35. The number of halogens is 7. The molecular formula is C21H15F7N4O3. The Morgan fingerprint density at radius 2 is 1.49 bits per heavy atom. The van der Waals surface area contributed by atoms with E-state index in [4.69, 9.17) is 0 Å². The lowest BCUT2D eigenvalue weighted by atomic mass is 10.1. The third-order valence-electron chi connectivity index (χ3n) is 4.57. The van der Waals surface area contributed by atoms with Gasteiger partial charge >= 0.3 is 24.0 Å². The molecule has 0 unspecified atom stereocenters. The van der Waals surface area contributed by atoms with Crippen LogP contribution in [0.5, 0.6) is 0 Å². The molecule has 7 nitrogen and oxygen atoms in total. The summed E-state index contributed by atoms with van der Waals surface area (Å²) in [4.78, 5) is 32.0.